The molecule has 38 heavy (non-hydrogen) atoms. The molecule has 1 aliphatic heterocycles. The molecular formula is C23H23N3O12. The molecule has 3 aromatic rings. The minimum absolute atomic E-state index is 0.0802. The largest absolute Gasteiger partial charge is 0.482 e. The van der Waals surface area contributed by atoms with Gasteiger partial charge in [0.25, 0.3) is 5.69 Å². The molecule has 0 amide bonds. The van der Waals surface area contributed by atoms with Gasteiger partial charge in [-0.05, 0) is 30.3 Å². The highest BCUT2D eigenvalue weighted by Crippen LogP contribution is 2.32. The Labute approximate surface area is 213 Å². The van der Waals surface area contributed by atoms with Crippen molar-refractivity contribution in [2.75, 3.05) is 13.2 Å². The van der Waals surface area contributed by atoms with E-state index in [4.69, 9.17) is 18.9 Å². The Balaban J connectivity index is 1.41. The van der Waals surface area contributed by atoms with E-state index in [-0.39, 0.29) is 11.4 Å². The summed E-state index contributed by atoms with van der Waals surface area (Å²) in [7, 11) is 0. The third-order valence-corrected chi connectivity index (χ3v) is 5.61. The molecule has 2 aromatic carbocycles. The number of aliphatic hydroxyl groups is 4. The monoisotopic (exact) mass is 533 g/mol. The van der Waals surface area contributed by atoms with Crippen molar-refractivity contribution in [1.82, 2.24) is 9.97 Å². The highest BCUT2D eigenvalue weighted by atomic mass is 16.9. The number of benzene rings is 2. The summed E-state index contributed by atoms with van der Waals surface area (Å²) in [5.41, 5.74) is 1.55. The summed E-state index contributed by atoms with van der Waals surface area (Å²) in [5, 5.41) is 51.2. The highest BCUT2D eigenvalue weighted by molar-refractivity contribution is 5.81. The molecule has 5 N–H and O–H groups in total. The molecule has 0 saturated carbocycles. The normalized spacial score (nSPS) is 25.1. The number of aromatic amines is 1. The first kappa shape index (κ1) is 26.9. The zero-order chi connectivity index (χ0) is 27.6. The quantitative estimate of drug-likeness (QED) is 0.109. The minimum atomic E-state index is -3.02. The standard InChI is InChI=1S/C23H23N3O12/c1-11(28)36-21-20(31)19(30)17(9-27)37-23(21,32)38-18(29)10-35-14-5-2-12(3-6-14)22-24-15-7-4-13(26(33)34)8-16(15)25-22/h2-8,17,19-21,27,30-32H,9-10H2,1H3,(H,24,25)/t17-,19+,20+,21-,23?/m1/s1. The number of esters is 2. The van der Waals surface area contributed by atoms with E-state index in [0.717, 1.165) is 6.92 Å². The molecule has 1 unspecified atom stereocenters. The fourth-order valence-corrected chi connectivity index (χ4v) is 3.81. The van der Waals surface area contributed by atoms with Crippen LogP contribution in [-0.2, 0) is 23.8 Å². The Kier molecular flexibility index (Phi) is 7.56. The first-order valence-corrected chi connectivity index (χ1v) is 11.1. The molecule has 0 spiro atoms. The van der Waals surface area contributed by atoms with Gasteiger partial charge in [-0.1, -0.05) is 0 Å². The molecule has 0 radical (unpaired) electrons. The number of imidazole rings is 1. The number of aromatic nitrogens is 2. The van der Waals surface area contributed by atoms with Crippen LogP contribution in [0.1, 0.15) is 6.92 Å². The van der Waals surface area contributed by atoms with Crippen LogP contribution in [0.4, 0.5) is 5.69 Å². The summed E-state index contributed by atoms with van der Waals surface area (Å²) in [6.07, 6.45) is -7.25. The predicted molar refractivity (Wildman–Crippen MR) is 124 cm³/mol. The van der Waals surface area contributed by atoms with E-state index in [1.165, 1.54) is 30.3 Å². The molecule has 15 nitrogen and oxygen atoms in total. The molecule has 5 atom stereocenters. The van der Waals surface area contributed by atoms with E-state index < -0.39 is 60.5 Å². The van der Waals surface area contributed by atoms with Gasteiger partial charge >= 0.3 is 17.9 Å². The Morgan fingerprint density at radius 2 is 1.89 bits per heavy atom. The van der Waals surface area contributed by atoms with Gasteiger partial charge in [0.2, 0.25) is 6.10 Å². The smallest absolute Gasteiger partial charge is 0.369 e. The highest BCUT2D eigenvalue weighted by Gasteiger charge is 2.58. The van der Waals surface area contributed by atoms with Crippen LogP contribution in [0.5, 0.6) is 5.75 Å². The number of nitro benzene ring substituents is 1. The third kappa shape index (κ3) is 5.56. The van der Waals surface area contributed by atoms with Gasteiger partial charge < -0.3 is 44.4 Å². The van der Waals surface area contributed by atoms with Crippen molar-refractivity contribution in [3.05, 3.63) is 52.6 Å². The number of nitro groups is 1. The molecule has 0 bridgehead atoms. The van der Waals surface area contributed by atoms with Gasteiger partial charge in [-0.3, -0.25) is 14.9 Å². The van der Waals surface area contributed by atoms with E-state index in [1.807, 2.05) is 0 Å². The van der Waals surface area contributed by atoms with Crippen LogP contribution in [0.2, 0.25) is 0 Å². The first-order chi connectivity index (χ1) is 18.0. The lowest BCUT2D eigenvalue weighted by Crippen LogP contribution is -2.67. The van der Waals surface area contributed by atoms with Crippen molar-refractivity contribution in [2.45, 2.75) is 37.3 Å². The first-order valence-electron chi connectivity index (χ1n) is 11.1. The van der Waals surface area contributed by atoms with Crippen molar-refractivity contribution in [3.8, 4) is 17.1 Å². The summed E-state index contributed by atoms with van der Waals surface area (Å²) in [5.74, 6) is -4.51. The Morgan fingerprint density at radius 3 is 2.53 bits per heavy atom. The second kappa shape index (κ2) is 10.7. The molecule has 202 valence electrons. The molecule has 1 aliphatic rings. The van der Waals surface area contributed by atoms with Crippen LogP contribution in [0, 0.1) is 10.1 Å². The number of non-ortho nitro benzene ring substituents is 1. The molecule has 1 aromatic heterocycles. The molecule has 4 rings (SSSR count). The van der Waals surface area contributed by atoms with Crippen molar-refractivity contribution in [1.29, 1.82) is 0 Å². The average molecular weight is 533 g/mol. The fourth-order valence-electron chi connectivity index (χ4n) is 3.81. The van der Waals surface area contributed by atoms with Gasteiger partial charge in [0.15, 0.2) is 6.61 Å². The SMILES string of the molecule is CC(=O)O[C@@H]1[C@@H](O)[C@@H](O)[C@@H](CO)OC1(O)OC(=O)COc1ccc(-c2nc3ccc([N+](=O)[O-])cc3[nH]2)cc1. The number of hydrogen-bond donors (Lipinski definition) is 5. The zero-order valence-electron chi connectivity index (χ0n) is 19.7. The van der Waals surface area contributed by atoms with Crippen molar-refractivity contribution in [3.63, 3.8) is 0 Å². The van der Waals surface area contributed by atoms with Crippen LogP contribution < -0.4 is 4.74 Å². The number of ether oxygens (including phenoxy) is 4. The zero-order valence-corrected chi connectivity index (χ0v) is 19.7. The van der Waals surface area contributed by atoms with Crippen LogP contribution in [0.15, 0.2) is 42.5 Å². The van der Waals surface area contributed by atoms with Gasteiger partial charge in [0, 0.05) is 24.6 Å². The lowest BCUT2D eigenvalue weighted by Gasteiger charge is -2.44. The van der Waals surface area contributed by atoms with Crippen LogP contribution in [0.3, 0.4) is 0 Å². The number of H-pyrrole nitrogens is 1. The maximum atomic E-state index is 12.4. The lowest BCUT2D eigenvalue weighted by atomic mass is 9.97. The van der Waals surface area contributed by atoms with E-state index in [1.54, 1.807) is 12.1 Å². The average Bonchev–Trinajstić information content (AvgIpc) is 3.31. The van der Waals surface area contributed by atoms with Gasteiger partial charge in [0.05, 0.1) is 22.6 Å². The number of aliphatic hydroxyl groups excluding tert-OH is 3. The van der Waals surface area contributed by atoms with Gasteiger partial charge in [0.1, 0.15) is 29.9 Å². The van der Waals surface area contributed by atoms with E-state index in [2.05, 4.69) is 9.97 Å². The number of carbonyl (C=O) groups is 2. The minimum Gasteiger partial charge on any atom is -0.482 e. The second-order valence-electron chi connectivity index (χ2n) is 8.31. The summed E-state index contributed by atoms with van der Waals surface area (Å²) in [6, 6.07) is 10.5. The van der Waals surface area contributed by atoms with Gasteiger partial charge in [-0.2, -0.15) is 0 Å². The Morgan fingerprint density at radius 1 is 1.18 bits per heavy atom. The molecule has 15 heteroatoms. The summed E-state index contributed by atoms with van der Waals surface area (Å²) < 4.78 is 20.0. The number of nitrogens with one attached hydrogen (secondary N) is 1. The number of carbonyl (C=O) groups excluding carboxylic acids is 2. The summed E-state index contributed by atoms with van der Waals surface area (Å²) >= 11 is 0. The summed E-state index contributed by atoms with van der Waals surface area (Å²) in [6.45, 7) is -0.633. The molecule has 2 heterocycles. The van der Waals surface area contributed by atoms with Crippen molar-refractivity contribution < 1.29 is 53.9 Å². The topological polar surface area (TPSA) is 224 Å². The molecule has 0 aliphatic carbocycles. The fraction of sp³-hybridized carbons (Fsp3) is 0.348. The van der Waals surface area contributed by atoms with E-state index in [0.29, 0.717) is 22.4 Å². The van der Waals surface area contributed by atoms with Crippen LogP contribution in [-0.4, -0.2) is 90.9 Å². The van der Waals surface area contributed by atoms with E-state index in [9.17, 15) is 40.1 Å². The van der Waals surface area contributed by atoms with Crippen LogP contribution in [0.25, 0.3) is 22.4 Å². The van der Waals surface area contributed by atoms with Crippen molar-refractivity contribution in [2.24, 2.45) is 0 Å². The predicted octanol–water partition coefficient (Wildman–Crippen LogP) is -0.249. The Hall–Kier alpha value is -4.15. The van der Waals surface area contributed by atoms with Crippen molar-refractivity contribution >= 4 is 28.7 Å². The lowest BCUT2D eigenvalue weighted by molar-refractivity contribution is -0.434. The summed E-state index contributed by atoms with van der Waals surface area (Å²) in [4.78, 5) is 41.6. The van der Waals surface area contributed by atoms with Gasteiger partial charge in [-0.15, -0.1) is 0 Å². The number of rotatable bonds is 8. The Bertz CT molecular complexity index is 1340. The molecule has 1 saturated heterocycles. The molecule has 1 fully saturated rings. The maximum absolute atomic E-state index is 12.4. The van der Waals surface area contributed by atoms with Gasteiger partial charge in [-0.25, -0.2) is 9.78 Å². The molecular weight excluding hydrogens is 510 g/mol. The second-order valence-corrected chi connectivity index (χ2v) is 8.31. The number of nitrogens with zero attached hydrogens (tertiary/aromatic N) is 2. The van der Waals surface area contributed by atoms with E-state index >= 15 is 0 Å². The van der Waals surface area contributed by atoms with Crippen LogP contribution >= 0.6 is 0 Å². The number of hydrogen-bond acceptors (Lipinski definition) is 13. The number of fused-ring (bicyclic) bond motifs is 1. The third-order valence-electron chi connectivity index (χ3n) is 5.61. The maximum Gasteiger partial charge on any atom is 0.369 e.